The molecule has 0 radical (unpaired) electrons. The number of nitrogens with one attached hydrogen (secondary N) is 1. The number of ether oxygens (including phenoxy) is 3. The first-order valence-corrected chi connectivity index (χ1v) is 7.37. The number of aromatic nitrogens is 1. The Morgan fingerprint density at radius 2 is 1.64 bits per heavy atom. The summed E-state index contributed by atoms with van der Waals surface area (Å²) >= 11 is 1.43. The summed E-state index contributed by atoms with van der Waals surface area (Å²) in [6, 6.07) is 3.20. The molecule has 2 aromatic rings. The highest BCUT2D eigenvalue weighted by Crippen LogP contribution is 2.35. The Balaban J connectivity index is 2.35. The zero-order valence-electron chi connectivity index (χ0n) is 13.1. The molecule has 1 heterocycles. The number of carbonyl (C=O) groups is 1. The van der Waals surface area contributed by atoms with Gasteiger partial charge in [-0.05, 0) is 13.8 Å². The Hall–Kier alpha value is -2.28. The lowest BCUT2D eigenvalue weighted by Crippen LogP contribution is -2.13. The van der Waals surface area contributed by atoms with Crippen LogP contribution in [0.15, 0.2) is 12.1 Å². The highest BCUT2D eigenvalue weighted by atomic mass is 32.1. The summed E-state index contributed by atoms with van der Waals surface area (Å²) in [6.07, 6.45) is 0. The van der Waals surface area contributed by atoms with Crippen molar-refractivity contribution < 1.29 is 19.0 Å². The molecule has 0 saturated carbocycles. The van der Waals surface area contributed by atoms with Crippen molar-refractivity contribution in [3.8, 4) is 17.2 Å². The molecule has 22 heavy (non-hydrogen) atoms. The smallest absolute Gasteiger partial charge is 0.261 e. The molecule has 1 aromatic heterocycles. The van der Waals surface area contributed by atoms with Crippen molar-refractivity contribution in [1.29, 1.82) is 0 Å². The molecule has 0 aliphatic carbocycles. The van der Waals surface area contributed by atoms with E-state index in [9.17, 15) is 4.79 Å². The number of rotatable bonds is 5. The third kappa shape index (κ3) is 3.14. The monoisotopic (exact) mass is 322 g/mol. The van der Waals surface area contributed by atoms with Gasteiger partial charge in [-0.3, -0.25) is 10.1 Å². The zero-order chi connectivity index (χ0) is 16.3. The van der Waals surface area contributed by atoms with Crippen molar-refractivity contribution in [1.82, 2.24) is 4.98 Å². The Kier molecular flexibility index (Phi) is 4.87. The summed E-state index contributed by atoms with van der Waals surface area (Å²) in [7, 11) is 4.54. The van der Waals surface area contributed by atoms with Crippen molar-refractivity contribution in [3.63, 3.8) is 0 Å². The fourth-order valence-electron chi connectivity index (χ4n) is 1.90. The van der Waals surface area contributed by atoms with Gasteiger partial charge in [-0.15, -0.1) is 11.3 Å². The second kappa shape index (κ2) is 6.65. The van der Waals surface area contributed by atoms with Gasteiger partial charge in [0.2, 0.25) is 0 Å². The minimum Gasteiger partial charge on any atom is -0.496 e. The van der Waals surface area contributed by atoms with Gasteiger partial charge >= 0.3 is 0 Å². The predicted molar refractivity (Wildman–Crippen MR) is 85.6 cm³/mol. The van der Waals surface area contributed by atoms with Crippen LogP contribution in [0.1, 0.15) is 20.9 Å². The topological polar surface area (TPSA) is 69.7 Å². The average Bonchev–Trinajstić information content (AvgIpc) is 2.83. The van der Waals surface area contributed by atoms with Gasteiger partial charge in [-0.2, -0.15) is 0 Å². The Bertz CT molecular complexity index is 678. The molecule has 1 N–H and O–H groups in total. The lowest BCUT2D eigenvalue weighted by atomic mass is 10.1. The van der Waals surface area contributed by atoms with E-state index in [1.54, 1.807) is 12.1 Å². The lowest BCUT2D eigenvalue weighted by Gasteiger charge is -2.13. The number of anilines is 1. The summed E-state index contributed by atoms with van der Waals surface area (Å²) in [5.41, 5.74) is 1.25. The van der Waals surface area contributed by atoms with Crippen LogP contribution < -0.4 is 19.5 Å². The third-order valence-electron chi connectivity index (χ3n) is 3.20. The first kappa shape index (κ1) is 16.1. The van der Waals surface area contributed by atoms with Crippen LogP contribution in [0.3, 0.4) is 0 Å². The predicted octanol–water partition coefficient (Wildman–Crippen LogP) is 3.04. The molecule has 1 aromatic carbocycles. The zero-order valence-corrected chi connectivity index (χ0v) is 14.0. The molecule has 2 rings (SSSR count). The Morgan fingerprint density at radius 1 is 1.05 bits per heavy atom. The van der Waals surface area contributed by atoms with E-state index in [0.717, 1.165) is 10.6 Å². The fourth-order valence-corrected chi connectivity index (χ4v) is 2.71. The van der Waals surface area contributed by atoms with Gasteiger partial charge in [0.1, 0.15) is 5.75 Å². The van der Waals surface area contributed by atoms with Crippen LogP contribution >= 0.6 is 11.3 Å². The quantitative estimate of drug-likeness (QED) is 0.916. The van der Waals surface area contributed by atoms with Crippen molar-refractivity contribution >= 4 is 22.4 Å². The molecule has 0 aliphatic rings. The molecule has 0 atom stereocenters. The van der Waals surface area contributed by atoms with Gasteiger partial charge < -0.3 is 14.2 Å². The van der Waals surface area contributed by atoms with Gasteiger partial charge in [0, 0.05) is 17.0 Å². The van der Waals surface area contributed by atoms with E-state index < -0.39 is 0 Å². The lowest BCUT2D eigenvalue weighted by molar-refractivity contribution is 0.102. The van der Waals surface area contributed by atoms with Crippen LogP contribution in [-0.4, -0.2) is 32.2 Å². The third-order valence-corrected chi connectivity index (χ3v) is 4.19. The maximum absolute atomic E-state index is 12.5. The number of nitrogens with zero attached hydrogens (tertiary/aromatic N) is 1. The second-order valence-corrected chi connectivity index (χ2v) is 5.73. The fraction of sp³-hybridized carbons (Fsp3) is 0.333. The summed E-state index contributed by atoms with van der Waals surface area (Å²) in [6.45, 7) is 3.86. The standard InChI is InChI=1S/C15H18N2O4S/c1-8-9(2)22-15(16-8)17-14(18)10-6-12(20-4)13(21-5)7-11(10)19-3/h6-7H,1-5H3,(H,16,17,18). The van der Waals surface area contributed by atoms with Gasteiger partial charge in [0.05, 0.1) is 32.6 Å². The van der Waals surface area contributed by atoms with Crippen molar-refractivity contribution in [2.24, 2.45) is 0 Å². The van der Waals surface area contributed by atoms with Gasteiger partial charge in [-0.25, -0.2) is 4.98 Å². The molecule has 0 aliphatic heterocycles. The summed E-state index contributed by atoms with van der Waals surface area (Å²) < 4.78 is 15.7. The van der Waals surface area contributed by atoms with Gasteiger partial charge in [-0.1, -0.05) is 0 Å². The number of methoxy groups -OCH3 is 3. The van der Waals surface area contributed by atoms with E-state index in [1.165, 1.54) is 32.7 Å². The highest BCUT2D eigenvalue weighted by Gasteiger charge is 2.19. The Morgan fingerprint density at radius 3 is 2.14 bits per heavy atom. The first-order valence-electron chi connectivity index (χ1n) is 6.55. The SMILES string of the molecule is COc1cc(OC)c(C(=O)Nc2nc(C)c(C)s2)cc1OC. The first-order chi connectivity index (χ1) is 10.5. The van der Waals surface area contributed by atoms with Crippen LogP contribution in [0.25, 0.3) is 0 Å². The number of hydrogen-bond acceptors (Lipinski definition) is 6. The molecule has 0 unspecified atom stereocenters. The maximum Gasteiger partial charge on any atom is 0.261 e. The molecule has 0 fully saturated rings. The van der Waals surface area contributed by atoms with E-state index in [0.29, 0.717) is 27.9 Å². The van der Waals surface area contributed by atoms with E-state index in [2.05, 4.69) is 10.3 Å². The molecule has 118 valence electrons. The largest absolute Gasteiger partial charge is 0.496 e. The molecule has 7 heteroatoms. The van der Waals surface area contributed by atoms with Crippen molar-refractivity contribution in [2.75, 3.05) is 26.6 Å². The molecular formula is C15H18N2O4S. The minimum atomic E-state index is -0.313. The summed E-state index contributed by atoms with van der Waals surface area (Å²) in [4.78, 5) is 17.8. The minimum absolute atomic E-state index is 0.313. The van der Waals surface area contributed by atoms with E-state index in [-0.39, 0.29) is 5.91 Å². The number of hydrogen-bond donors (Lipinski definition) is 1. The molecule has 0 spiro atoms. The normalized spacial score (nSPS) is 10.2. The van der Waals surface area contributed by atoms with E-state index >= 15 is 0 Å². The molecule has 0 saturated heterocycles. The number of thiazole rings is 1. The van der Waals surface area contributed by atoms with Crippen molar-refractivity contribution in [2.45, 2.75) is 13.8 Å². The molecule has 1 amide bonds. The average molecular weight is 322 g/mol. The number of aryl methyl sites for hydroxylation is 2. The van der Waals surface area contributed by atoms with Crippen molar-refractivity contribution in [3.05, 3.63) is 28.3 Å². The Labute approximate surface area is 133 Å². The number of amides is 1. The van der Waals surface area contributed by atoms with E-state index in [4.69, 9.17) is 14.2 Å². The number of carbonyl (C=O) groups excluding carboxylic acids is 1. The number of benzene rings is 1. The van der Waals surface area contributed by atoms with Gasteiger partial charge in [0.15, 0.2) is 16.6 Å². The van der Waals surface area contributed by atoms with Crippen LogP contribution in [0.2, 0.25) is 0 Å². The summed E-state index contributed by atoms with van der Waals surface area (Å²) in [5.74, 6) is 1.04. The molecule has 0 bridgehead atoms. The van der Waals surface area contributed by atoms with Crippen LogP contribution in [0.5, 0.6) is 17.2 Å². The second-order valence-electron chi connectivity index (χ2n) is 4.52. The molecular weight excluding hydrogens is 304 g/mol. The highest BCUT2D eigenvalue weighted by molar-refractivity contribution is 7.15. The van der Waals surface area contributed by atoms with Gasteiger partial charge in [0.25, 0.3) is 5.91 Å². The van der Waals surface area contributed by atoms with Crippen LogP contribution in [-0.2, 0) is 0 Å². The molecule has 6 nitrogen and oxygen atoms in total. The van der Waals surface area contributed by atoms with Crippen LogP contribution in [0.4, 0.5) is 5.13 Å². The van der Waals surface area contributed by atoms with Crippen LogP contribution in [0, 0.1) is 13.8 Å². The van der Waals surface area contributed by atoms with E-state index in [1.807, 2.05) is 13.8 Å². The maximum atomic E-state index is 12.5. The summed E-state index contributed by atoms with van der Waals surface area (Å²) in [5, 5.41) is 3.33.